The minimum Gasteiger partial charge on any atom is -0.490 e. The van der Waals surface area contributed by atoms with Crippen LogP contribution in [0.15, 0.2) is 81.7 Å². The second-order valence-electron chi connectivity index (χ2n) is 10.2. The molecule has 5 rings (SSSR count). The summed E-state index contributed by atoms with van der Waals surface area (Å²) >= 11 is 3.41. The van der Waals surface area contributed by atoms with E-state index in [0.29, 0.717) is 38.7 Å². The van der Waals surface area contributed by atoms with Gasteiger partial charge in [-0.1, -0.05) is 41.2 Å². The Bertz CT molecular complexity index is 1980. The number of benzene rings is 3. The van der Waals surface area contributed by atoms with E-state index in [1.165, 1.54) is 23.5 Å². The largest absolute Gasteiger partial charge is 0.490 e. The number of hydrogen-bond acceptors (Lipinski definition) is 9. The van der Waals surface area contributed by atoms with Crippen molar-refractivity contribution in [1.29, 1.82) is 0 Å². The van der Waals surface area contributed by atoms with Crippen LogP contribution in [0.5, 0.6) is 11.5 Å². The Morgan fingerprint density at radius 1 is 1.07 bits per heavy atom. The normalized spacial score (nSPS) is 14.5. The first-order valence-electron chi connectivity index (χ1n) is 14.2. The molecule has 0 amide bonds. The average molecular weight is 740 g/mol. The van der Waals surface area contributed by atoms with E-state index >= 15 is 0 Å². The number of rotatable bonds is 10. The van der Waals surface area contributed by atoms with Gasteiger partial charge in [-0.15, -0.1) is 0 Å². The van der Waals surface area contributed by atoms with Crippen LogP contribution < -0.4 is 24.4 Å². The summed E-state index contributed by atoms with van der Waals surface area (Å²) in [6.45, 7) is 8.13. The summed E-state index contributed by atoms with van der Waals surface area (Å²) in [4.78, 5) is 42.8. The number of fused-ring (bicyclic) bond motifs is 1. The Kier molecular flexibility index (Phi) is 9.83. The summed E-state index contributed by atoms with van der Waals surface area (Å²) in [5, 5.41) is 11.0. The van der Waals surface area contributed by atoms with Crippen LogP contribution in [0.1, 0.15) is 49.1 Å². The second-order valence-corrected chi connectivity index (χ2v) is 12.4. The van der Waals surface area contributed by atoms with E-state index in [2.05, 4.69) is 27.6 Å². The molecule has 0 saturated carbocycles. The number of allylic oxidation sites excluding steroid dienone is 1. The quantitative estimate of drug-likeness (QED) is 0.0899. The lowest BCUT2D eigenvalue weighted by Gasteiger charge is -2.24. The lowest BCUT2D eigenvalue weighted by molar-refractivity contribution is -0.384. The highest BCUT2D eigenvalue weighted by Crippen LogP contribution is 2.35. The van der Waals surface area contributed by atoms with E-state index < -0.39 is 16.9 Å². The van der Waals surface area contributed by atoms with Crippen molar-refractivity contribution < 1.29 is 23.9 Å². The van der Waals surface area contributed by atoms with E-state index in [-0.39, 0.29) is 24.5 Å². The minimum absolute atomic E-state index is 0.00966. The van der Waals surface area contributed by atoms with Crippen LogP contribution in [0.2, 0.25) is 0 Å². The molecule has 4 aromatic rings. The molecule has 2 heterocycles. The summed E-state index contributed by atoms with van der Waals surface area (Å²) < 4.78 is 20.2. The molecule has 0 bridgehead atoms. The van der Waals surface area contributed by atoms with E-state index in [4.69, 9.17) is 14.2 Å². The standard InChI is InChI=1S/C33H30IN3O7S/c1-5-42-26-16-22(15-25(34)30(26)44-18-21-9-13-24(14-10-21)37(40)41)17-27-31(38)36-29(23-11-7-19(3)8-12-23)28(32(39)43-6-2)20(4)35-33(36)45-27/h7-17,29H,5-6,18H2,1-4H3/b27-17-/t29-/m0/s1. The molecule has 3 aromatic carbocycles. The minimum atomic E-state index is -0.683. The van der Waals surface area contributed by atoms with Crippen molar-refractivity contribution in [3.63, 3.8) is 0 Å². The Balaban J connectivity index is 1.54. The molecule has 0 radical (unpaired) electrons. The number of hydrogen-bond donors (Lipinski definition) is 0. The van der Waals surface area contributed by atoms with Crippen LogP contribution in [-0.2, 0) is 16.1 Å². The van der Waals surface area contributed by atoms with Gasteiger partial charge in [0.15, 0.2) is 16.3 Å². The number of esters is 1. The first-order chi connectivity index (χ1) is 21.6. The van der Waals surface area contributed by atoms with E-state index in [9.17, 15) is 19.7 Å². The van der Waals surface area contributed by atoms with Crippen LogP contribution in [0.25, 0.3) is 6.08 Å². The van der Waals surface area contributed by atoms with E-state index in [1.54, 1.807) is 36.6 Å². The van der Waals surface area contributed by atoms with Crippen molar-refractivity contribution in [1.82, 2.24) is 4.57 Å². The summed E-state index contributed by atoms with van der Waals surface area (Å²) in [5.74, 6) is 0.533. The summed E-state index contributed by atoms with van der Waals surface area (Å²) in [5.41, 5.74) is 3.92. The van der Waals surface area contributed by atoms with E-state index in [1.807, 2.05) is 50.2 Å². The molecule has 232 valence electrons. The van der Waals surface area contributed by atoms with Gasteiger partial charge in [0.05, 0.1) is 43.6 Å². The lowest BCUT2D eigenvalue weighted by atomic mass is 9.95. The van der Waals surface area contributed by atoms with Gasteiger partial charge in [-0.2, -0.15) is 0 Å². The van der Waals surface area contributed by atoms with Gasteiger partial charge in [0.25, 0.3) is 11.2 Å². The number of halogens is 1. The number of aryl methyl sites for hydroxylation is 1. The summed E-state index contributed by atoms with van der Waals surface area (Å²) in [7, 11) is 0. The SMILES string of the molecule is CCOC(=O)C1=C(C)N=c2s/c(=C\c3cc(I)c(OCc4ccc([N+](=O)[O-])cc4)c(OCC)c3)c(=O)n2[C@H]1c1ccc(C)cc1. The van der Waals surface area contributed by atoms with Crippen LogP contribution in [0.4, 0.5) is 5.69 Å². The Labute approximate surface area is 276 Å². The molecule has 1 aliphatic heterocycles. The highest BCUT2D eigenvalue weighted by molar-refractivity contribution is 14.1. The van der Waals surface area contributed by atoms with Crippen LogP contribution in [0.3, 0.4) is 0 Å². The van der Waals surface area contributed by atoms with Gasteiger partial charge in [-0.05, 0) is 97.3 Å². The fourth-order valence-electron chi connectivity index (χ4n) is 4.95. The van der Waals surface area contributed by atoms with Crippen LogP contribution in [-0.4, -0.2) is 28.7 Å². The highest BCUT2D eigenvalue weighted by atomic mass is 127. The van der Waals surface area contributed by atoms with Gasteiger partial charge < -0.3 is 14.2 Å². The van der Waals surface area contributed by atoms with Crippen molar-refractivity contribution in [2.75, 3.05) is 13.2 Å². The van der Waals surface area contributed by atoms with Crippen LogP contribution in [0, 0.1) is 20.6 Å². The summed E-state index contributed by atoms with van der Waals surface area (Å²) in [6.07, 6.45) is 1.78. The number of nitro groups is 1. The molecule has 0 spiro atoms. The van der Waals surface area contributed by atoms with Gasteiger partial charge in [-0.25, -0.2) is 9.79 Å². The topological polar surface area (TPSA) is 122 Å². The molecule has 0 fully saturated rings. The fraction of sp³-hybridized carbons (Fsp3) is 0.242. The van der Waals surface area contributed by atoms with Crippen molar-refractivity contribution >= 4 is 51.7 Å². The van der Waals surface area contributed by atoms with Crippen molar-refractivity contribution in [2.45, 2.75) is 40.3 Å². The molecule has 12 heteroatoms. The van der Waals surface area contributed by atoms with Gasteiger partial charge in [-0.3, -0.25) is 19.5 Å². The van der Waals surface area contributed by atoms with Gasteiger partial charge in [0.1, 0.15) is 6.61 Å². The Morgan fingerprint density at radius 2 is 1.78 bits per heavy atom. The predicted octanol–water partition coefficient (Wildman–Crippen LogP) is 5.60. The third-order valence-electron chi connectivity index (χ3n) is 7.07. The van der Waals surface area contributed by atoms with E-state index in [0.717, 1.165) is 25.8 Å². The third kappa shape index (κ3) is 6.86. The molecule has 0 aliphatic carbocycles. The highest BCUT2D eigenvalue weighted by Gasteiger charge is 2.33. The fourth-order valence-corrected chi connectivity index (χ4v) is 6.78. The van der Waals surface area contributed by atoms with Gasteiger partial charge in [0.2, 0.25) is 0 Å². The van der Waals surface area contributed by atoms with Crippen LogP contribution >= 0.6 is 33.9 Å². The van der Waals surface area contributed by atoms with Crippen molar-refractivity contribution in [3.05, 3.63) is 128 Å². The monoisotopic (exact) mass is 739 g/mol. The molecule has 1 atom stereocenters. The number of nitro benzene ring substituents is 1. The molecule has 1 aromatic heterocycles. The number of ether oxygens (including phenoxy) is 3. The maximum Gasteiger partial charge on any atom is 0.338 e. The average Bonchev–Trinajstić information content (AvgIpc) is 3.30. The smallest absolute Gasteiger partial charge is 0.338 e. The zero-order valence-corrected chi connectivity index (χ0v) is 28.0. The van der Waals surface area contributed by atoms with Crippen molar-refractivity contribution in [2.24, 2.45) is 4.99 Å². The Hall–Kier alpha value is -4.30. The molecule has 45 heavy (non-hydrogen) atoms. The Morgan fingerprint density at radius 3 is 2.42 bits per heavy atom. The number of carbonyl (C=O) groups excluding carboxylic acids is 1. The molecule has 0 N–H and O–H groups in total. The van der Waals surface area contributed by atoms with Gasteiger partial charge >= 0.3 is 5.97 Å². The third-order valence-corrected chi connectivity index (χ3v) is 8.85. The first kappa shape index (κ1) is 32.1. The second kappa shape index (κ2) is 13.8. The lowest BCUT2D eigenvalue weighted by Crippen LogP contribution is -2.39. The maximum atomic E-state index is 14.0. The predicted molar refractivity (Wildman–Crippen MR) is 179 cm³/mol. The number of non-ortho nitro benzene ring substituents is 1. The zero-order valence-electron chi connectivity index (χ0n) is 25.0. The molecule has 0 unspecified atom stereocenters. The molecular weight excluding hydrogens is 709 g/mol. The number of nitrogens with zero attached hydrogens (tertiary/aromatic N) is 3. The molecular formula is C33H30IN3O7S. The summed E-state index contributed by atoms with van der Waals surface area (Å²) in [6, 6.07) is 16.9. The van der Waals surface area contributed by atoms with Gasteiger partial charge in [0, 0.05) is 12.1 Å². The molecule has 0 saturated heterocycles. The number of thiazole rings is 1. The number of carbonyl (C=O) groups is 1. The molecule has 1 aliphatic rings. The first-order valence-corrected chi connectivity index (χ1v) is 16.1. The molecule has 10 nitrogen and oxygen atoms in total. The number of aromatic nitrogens is 1. The zero-order chi connectivity index (χ0) is 32.2. The van der Waals surface area contributed by atoms with Crippen molar-refractivity contribution in [3.8, 4) is 11.5 Å². The maximum absolute atomic E-state index is 14.0.